The van der Waals surface area contributed by atoms with Crippen molar-refractivity contribution in [3.63, 3.8) is 0 Å². The molecule has 0 N–H and O–H groups in total. The lowest BCUT2D eigenvalue weighted by Gasteiger charge is -2.17. The molecule has 0 aliphatic heterocycles. The van der Waals surface area contributed by atoms with E-state index in [9.17, 15) is 4.79 Å². The largest absolute Gasteiger partial charge is 0.491 e. The molecule has 0 atom stereocenters. The number of hydrogen-bond donors (Lipinski definition) is 0. The minimum atomic E-state index is 0.491. The Balaban J connectivity index is 2.39. The topological polar surface area (TPSA) is 68.5 Å². The molecule has 106 valence electrons. The first-order valence-electron chi connectivity index (χ1n) is 6.41. The van der Waals surface area contributed by atoms with E-state index in [0.717, 1.165) is 18.4 Å². The van der Waals surface area contributed by atoms with E-state index in [1.54, 1.807) is 14.0 Å². The van der Waals surface area contributed by atoms with Crippen LogP contribution in [0.15, 0.2) is 22.7 Å². The van der Waals surface area contributed by atoms with Crippen LogP contribution in [-0.2, 0) is 4.79 Å². The predicted molar refractivity (Wildman–Crippen MR) is 74.7 cm³/mol. The highest BCUT2D eigenvalue weighted by Crippen LogP contribution is 2.31. The zero-order valence-electron chi connectivity index (χ0n) is 11.8. The van der Waals surface area contributed by atoms with E-state index < -0.39 is 0 Å². The van der Waals surface area contributed by atoms with Crippen LogP contribution in [0.3, 0.4) is 0 Å². The Morgan fingerprint density at radius 2 is 2.25 bits per heavy atom. The number of carbonyl (C=O) groups excluding carboxylic acids is 1. The molecule has 1 heterocycles. The van der Waals surface area contributed by atoms with Crippen LogP contribution in [0.5, 0.6) is 5.75 Å². The number of hydrogen-bond acceptors (Lipinski definition) is 5. The highest BCUT2D eigenvalue weighted by molar-refractivity contribution is 5.81. The summed E-state index contributed by atoms with van der Waals surface area (Å²) in [4.78, 5) is 16.6. The molecule has 0 aliphatic carbocycles. The third-order valence-corrected chi connectivity index (χ3v) is 2.74. The lowest BCUT2D eigenvalue weighted by Crippen LogP contribution is -2.15. The number of aromatic nitrogens is 2. The van der Waals surface area contributed by atoms with Crippen molar-refractivity contribution in [3.05, 3.63) is 24.1 Å². The predicted octanol–water partition coefficient (Wildman–Crippen LogP) is 2.43. The number of amides is 1. The summed E-state index contributed by atoms with van der Waals surface area (Å²) in [5.41, 5.74) is 1.45. The molecule has 20 heavy (non-hydrogen) atoms. The van der Waals surface area contributed by atoms with Gasteiger partial charge in [-0.15, -0.1) is 0 Å². The molecule has 6 nitrogen and oxygen atoms in total. The van der Waals surface area contributed by atoms with Gasteiger partial charge >= 0.3 is 0 Å². The molecule has 0 saturated carbocycles. The Morgan fingerprint density at radius 3 is 2.85 bits per heavy atom. The van der Waals surface area contributed by atoms with Gasteiger partial charge in [0.25, 0.3) is 0 Å². The lowest BCUT2D eigenvalue weighted by atomic mass is 10.1. The monoisotopic (exact) mass is 275 g/mol. The van der Waals surface area contributed by atoms with E-state index in [1.807, 2.05) is 25.1 Å². The average Bonchev–Trinajstić information content (AvgIpc) is 2.90. The second-order valence-electron chi connectivity index (χ2n) is 4.38. The molecule has 2 rings (SSSR count). The van der Waals surface area contributed by atoms with Gasteiger partial charge in [-0.2, -0.15) is 4.98 Å². The Morgan fingerprint density at radius 1 is 1.45 bits per heavy atom. The molecule has 0 radical (unpaired) electrons. The zero-order chi connectivity index (χ0) is 14.5. The number of anilines is 1. The van der Waals surface area contributed by atoms with Gasteiger partial charge in [-0.25, -0.2) is 0 Å². The maximum Gasteiger partial charge on any atom is 0.223 e. The van der Waals surface area contributed by atoms with E-state index in [-0.39, 0.29) is 0 Å². The summed E-state index contributed by atoms with van der Waals surface area (Å²) in [7, 11) is 1.67. The molecule has 0 aliphatic rings. The van der Waals surface area contributed by atoms with Gasteiger partial charge in [-0.05, 0) is 24.6 Å². The molecule has 1 aromatic heterocycles. The van der Waals surface area contributed by atoms with E-state index in [1.165, 1.54) is 4.90 Å². The number of nitrogens with zero attached hydrogens (tertiary/aromatic N) is 3. The summed E-state index contributed by atoms with van der Waals surface area (Å²) in [6.45, 7) is 4.35. The number of rotatable bonds is 6. The van der Waals surface area contributed by atoms with Crippen molar-refractivity contribution in [3.8, 4) is 17.1 Å². The molecular formula is C14H17N3O3. The quantitative estimate of drug-likeness (QED) is 0.757. The van der Waals surface area contributed by atoms with Gasteiger partial charge < -0.3 is 14.2 Å². The first-order valence-corrected chi connectivity index (χ1v) is 6.41. The van der Waals surface area contributed by atoms with Gasteiger partial charge in [0.1, 0.15) is 5.75 Å². The van der Waals surface area contributed by atoms with E-state index in [4.69, 9.17) is 9.26 Å². The third kappa shape index (κ3) is 2.96. The Labute approximate surface area is 117 Å². The second kappa shape index (κ2) is 6.18. The molecule has 0 saturated heterocycles. The average molecular weight is 275 g/mol. The van der Waals surface area contributed by atoms with E-state index >= 15 is 0 Å². The first kappa shape index (κ1) is 14.0. The van der Waals surface area contributed by atoms with Crippen LogP contribution in [-0.4, -0.2) is 30.2 Å². The summed E-state index contributed by atoms with van der Waals surface area (Å²) in [6, 6.07) is 5.47. The summed E-state index contributed by atoms with van der Waals surface area (Å²) in [5.74, 6) is 1.65. The standard InChI is InChI=1S/C14H17N3O3/c1-4-7-19-13-6-5-11(8-12(13)17(3)9-18)14-15-10(2)20-16-14/h5-6,8-9H,4,7H2,1-3H3. The van der Waals surface area contributed by atoms with Crippen LogP contribution in [0.2, 0.25) is 0 Å². The van der Waals surface area contributed by atoms with E-state index in [0.29, 0.717) is 29.8 Å². The minimum Gasteiger partial charge on any atom is -0.491 e. The van der Waals surface area contributed by atoms with Crippen molar-refractivity contribution in [2.45, 2.75) is 20.3 Å². The number of carbonyl (C=O) groups is 1. The molecule has 0 bridgehead atoms. The van der Waals surface area contributed by atoms with Crippen LogP contribution in [0.1, 0.15) is 19.2 Å². The number of aryl methyl sites for hydroxylation is 1. The molecule has 0 fully saturated rings. The summed E-state index contributed by atoms with van der Waals surface area (Å²) in [5, 5.41) is 3.87. The summed E-state index contributed by atoms with van der Waals surface area (Å²) in [6.07, 6.45) is 1.63. The lowest BCUT2D eigenvalue weighted by molar-refractivity contribution is -0.107. The minimum absolute atomic E-state index is 0.491. The molecule has 1 amide bonds. The molecular weight excluding hydrogens is 258 g/mol. The zero-order valence-corrected chi connectivity index (χ0v) is 11.8. The molecule has 0 spiro atoms. The van der Waals surface area contributed by atoms with Gasteiger partial charge in [0, 0.05) is 19.5 Å². The first-order chi connectivity index (χ1) is 9.65. The third-order valence-electron chi connectivity index (χ3n) is 2.74. The van der Waals surface area contributed by atoms with Crippen LogP contribution >= 0.6 is 0 Å². The maximum absolute atomic E-state index is 11.0. The SMILES string of the molecule is CCCOc1ccc(-c2noc(C)n2)cc1N(C)C=O. The van der Waals surface area contributed by atoms with Crippen molar-refractivity contribution in [2.75, 3.05) is 18.6 Å². The Bertz CT molecular complexity index is 595. The van der Waals surface area contributed by atoms with Crippen LogP contribution in [0.25, 0.3) is 11.4 Å². The highest BCUT2D eigenvalue weighted by atomic mass is 16.5. The Hall–Kier alpha value is -2.37. The fourth-order valence-corrected chi connectivity index (χ4v) is 1.74. The van der Waals surface area contributed by atoms with E-state index in [2.05, 4.69) is 10.1 Å². The number of benzene rings is 1. The molecule has 1 aromatic carbocycles. The van der Waals surface area contributed by atoms with Crippen LogP contribution in [0, 0.1) is 6.92 Å². The van der Waals surface area contributed by atoms with Crippen molar-refractivity contribution in [1.82, 2.24) is 10.1 Å². The van der Waals surface area contributed by atoms with Crippen molar-refractivity contribution in [2.24, 2.45) is 0 Å². The Kier molecular flexibility index (Phi) is 4.34. The molecule has 2 aromatic rings. The van der Waals surface area contributed by atoms with Gasteiger partial charge in [0.15, 0.2) is 0 Å². The maximum atomic E-state index is 11.0. The fourth-order valence-electron chi connectivity index (χ4n) is 1.74. The van der Waals surface area contributed by atoms with Crippen LogP contribution in [0.4, 0.5) is 5.69 Å². The van der Waals surface area contributed by atoms with Crippen LogP contribution < -0.4 is 9.64 Å². The van der Waals surface area contributed by atoms with Crippen molar-refractivity contribution >= 4 is 12.1 Å². The smallest absolute Gasteiger partial charge is 0.223 e. The highest BCUT2D eigenvalue weighted by Gasteiger charge is 2.13. The number of ether oxygens (including phenoxy) is 1. The second-order valence-corrected chi connectivity index (χ2v) is 4.38. The summed E-state index contributed by atoms with van der Waals surface area (Å²) >= 11 is 0. The normalized spacial score (nSPS) is 10.3. The fraction of sp³-hybridized carbons (Fsp3) is 0.357. The van der Waals surface area contributed by atoms with Crippen molar-refractivity contribution < 1.29 is 14.1 Å². The molecule has 0 unspecified atom stereocenters. The molecule has 6 heteroatoms. The van der Waals surface area contributed by atoms with Gasteiger partial charge in [-0.3, -0.25) is 4.79 Å². The van der Waals surface area contributed by atoms with Crippen molar-refractivity contribution in [1.29, 1.82) is 0 Å². The van der Waals surface area contributed by atoms with Gasteiger partial charge in [0.05, 0.1) is 12.3 Å². The summed E-state index contributed by atoms with van der Waals surface area (Å²) < 4.78 is 10.6. The van der Waals surface area contributed by atoms with Gasteiger partial charge in [0.2, 0.25) is 18.1 Å². The van der Waals surface area contributed by atoms with Gasteiger partial charge in [-0.1, -0.05) is 12.1 Å².